The van der Waals surface area contributed by atoms with Crippen LogP contribution in [0.5, 0.6) is 0 Å². The summed E-state index contributed by atoms with van der Waals surface area (Å²) < 4.78 is 0. The number of aromatic nitrogens is 1. The molecule has 0 aliphatic heterocycles. The molecule has 1 saturated carbocycles. The van der Waals surface area contributed by atoms with Gasteiger partial charge in [0, 0.05) is 17.6 Å². The van der Waals surface area contributed by atoms with Crippen LogP contribution in [0.2, 0.25) is 0 Å². The quantitative estimate of drug-likeness (QED) is 0.878. The largest absolute Gasteiger partial charge is 0.310 e. The van der Waals surface area contributed by atoms with Gasteiger partial charge in [-0.25, -0.2) is 0 Å². The molecule has 2 heteroatoms. The van der Waals surface area contributed by atoms with Crippen LogP contribution in [-0.2, 0) is 0 Å². The van der Waals surface area contributed by atoms with Gasteiger partial charge in [0.05, 0.1) is 5.52 Å². The fraction of sp³-hybridized carbons (Fsp3) is 0.526. The van der Waals surface area contributed by atoms with Gasteiger partial charge in [-0.1, -0.05) is 51.0 Å². The Kier molecular flexibility index (Phi) is 4.54. The van der Waals surface area contributed by atoms with Gasteiger partial charge in [-0.2, -0.15) is 0 Å². The van der Waals surface area contributed by atoms with Gasteiger partial charge in [-0.05, 0) is 42.9 Å². The van der Waals surface area contributed by atoms with Gasteiger partial charge in [0.25, 0.3) is 0 Å². The molecule has 112 valence electrons. The first-order chi connectivity index (χ1) is 10.3. The molecule has 2 nitrogen and oxygen atoms in total. The molecule has 3 rings (SSSR count). The second-order valence-corrected chi connectivity index (χ2v) is 6.49. The number of fused-ring (bicyclic) bond motifs is 1. The van der Waals surface area contributed by atoms with Crippen LogP contribution in [0.15, 0.2) is 36.5 Å². The molecular weight excluding hydrogens is 256 g/mol. The van der Waals surface area contributed by atoms with Crippen molar-refractivity contribution >= 4 is 10.9 Å². The average molecular weight is 282 g/mol. The van der Waals surface area contributed by atoms with E-state index in [2.05, 4.69) is 48.4 Å². The predicted molar refractivity (Wildman–Crippen MR) is 89.3 cm³/mol. The van der Waals surface area contributed by atoms with Crippen LogP contribution < -0.4 is 5.32 Å². The first-order valence-electron chi connectivity index (χ1n) is 8.36. The summed E-state index contributed by atoms with van der Waals surface area (Å²) in [6.07, 6.45) is 7.35. The van der Waals surface area contributed by atoms with Crippen LogP contribution in [-0.4, -0.2) is 11.5 Å². The monoisotopic (exact) mass is 282 g/mol. The highest BCUT2D eigenvalue weighted by molar-refractivity contribution is 5.82. The van der Waals surface area contributed by atoms with Crippen molar-refractivity contribution in [2.45, 2.75) is 45.6 Å². The maximum Gasteiger partial charge on any atom is 0.0749 e. The molecule has 2 aromatic rings. The molecule has 1 N–H and O–H groups in total. The van der Waals surface area contributed by atoms with E-state index < -0.39 is 0 Å². The van der Waals surface area contributed by atoms with Crippen LogP contribution in [0.1, 0.15) is 51.1 Å². The average Bonchev–Trinajstić information content (AvgIpc) is 2.52. The fourth-order valence-corrected chi connectivity index (χ4v) is 3.91. The Morgan fingerprint density at radius 3 is 2.90 bits per heavy atom. The molecular formula is C19H26N2. The highest BCUT2D eigenvalue weighted by Gasteiger charge is 2.28. The topological polar surface area (TPSA) is 24.9 Å². The lowest BCUT2D eigenvalue weighted by molar-refractivity contribution is 0.226. The Morgan fingerprint density at radius 1 is 1.24 bits per heavy atom. The predicted octanol–water partition coefficient (Wildman–Crippen LogP) is 4.71. The molecule has 3 atom stereocenters. The van der Waals surface area contributed by atoms with Gasteiger partial charge in [0.1, 0.15) is 0 Å². The van der Waals surface area contributed by atoms with E-state index in [1.807, 2.05) is 12.3 Å². The van der Waals surface area contributed by atoms with E-state index in [1.54, 1.807) is 0 Å². The number of rotatable bonds is 4. The molecule has 1 aromatic heterocycles. The van der Waals surface area contributed by atoms with Crippen LogP contribution in [0.4, 0.5) is 0 Å². The van der Waals surface area contributed by atoms with E-state index >= 15 is 0 Å². The third-order valence-electron chi connectivity index (χ3n) is 4.87. The summed E-state index contributed by atoms with van der Waals surface area (Å²) in [6.45, 7) is 5.62. The van der Waals surface area contributed by atoms with Gasteiger partial charge in [0.2, 0.25) is 0 Å². The summed E-state index contributed by atoms with van der Waals surface area (Å²) in [7, 11) is 0. The maximum absolute atomic E-state index is 4.66. The Labute approximate surface area is 128 Å². The van der Waals surface area contributed by atoms with Gasteiger partial charge in [-0.15, -0.1) is 0 Å². The van der Waals surface area contributed by atoms with Crippen LogP contribution in [0, 0.1) is 11.8 Å². The van der Waals surface area contributed by atoms with Crippen molar-refractivity contribution in [2.24, 2.45) is 11.8 Å². The van der Waals surface area contributed by atoms with Gasteiger partial charge < -0.3 is 5.32 Å². The molecule has 1 aliphatic carbocycles. The maximum atomic E-state index is 4.66. The number of para-hydroxylation sites is 1. The molecule has 1 fully saturated rings. The number of nitrogens with one attached hydrogen (secondary N) is 1. The molecule has 1 aliphatic rings. The molecule has 0 spiro atoms. The van der Waals surface area contributed by atoms with E-state index in [-0.39, 0.29) is 0 Å². The third-order valence-corrected chi connectivity index (χ3v) is 4.87. The minimum Gasteiger partial charge on any atom is -0.310 e. The molecule has 3 unspecified atom stereocenters. The normalized spacial score (nSPS) is 24.1. The standard InChI is InChI=1S/C19H26N2/c1-3-20-19(16-9-4-7-14(2)13-16)17-11-5-8-15-10-6-12-21-18(15)17/h5-6,8,10-12,14,16,19-20H,3-4,7,9,13H2,1-2H3. The number of nitrogens with zero attached hydrogens (tertiary/aromatic N) is 1. The zero-order chi connectivity index (χ0) is 14.7. The molecule has 0 bridgehead atoms. The summed E-state index contributed by atoms with van der Waals surface area (Å²) in [4.78, 5) is 4.66. The van der Waals surface area contributed by atoms with E-state index in [0.717, 1.165) is 18.4 Å². The number of benzene rings is 1. The van der Waals surface area contributed by atoms with Gasteiger partial charge >= 0.3 is 0 Å². The highest BCUT2D eigenvalue weighted by atomic mass is 14.9. The second-order valence-electron chi connectivity index (χ2n) is 6.49. The highest BCUT2D eigenvalue weighted by Crippen LogP contribution is 2.38. The first-order valence-corrected chi connectivity index (χ1v) is 8.36. The number of hydrogen-bond donors (Lipinski definition) is 1. The van der Waals surface area contributed by atoms with Crippen LogP contribution in [0.3, 0.4) is 0 Å². The van der Waals surface area contributed by atoms with E-state index in [1.165, 1.54) is 42.1 Å². The Bertz CT molecular complexity index is 588. The number of hydrogen-bond acceptors (Lipinski definition) is 2. The molecule has 1 aromatic carbocycles. The fourth-order valence-electron chi connectivity index (χ4n) is 3.91. The van der Waals surface area contributed by atoms with Crippen molar-refractivity contribution < 1.29 is 0 Å². The van der Waals surface area contributed by atoms with E-state index in [9.17, 15) is 0 Å². The van der Waals surface area contributed by atoms with Crippen molar-refractivity contribution in [3.63, 3.8) is 0 Å². The minimum atomic E-state index is 0.441. The van der Waals surface area contributed by atoms with Crippen molar-refractivity contribution in [1.29, 1.82) is 0 Å². The van der Waals surface area contributed by atoms with Crippen molar-refractivity contribution in [3.8, 4) is 0 Å². The van der Waals surface area contributed by atoms with E-state index in [4.69, 9.17) is 0 Å². The SMILES string of the molecule is CCNC(c1cccc2cccnc12)C1CCCC(C)C1. The Morgan fingerprint density at radius 2 is 2.10 bits per heavy atom. The molecule has 0 saturated heterocycles. The summed E-state index contributed by atoms with van der Waals surface area (Å²) in [6, 6.07) is 11.2. The summed E-state index contributed by atoms with van der Waals surface area (Å²) in [5.41, 5.74) is 2.55. The van der Waals surface area contributed by atoms with Crippen molar-refractivity contribution in [3.05, 3.63) is 42.1 Å². The zero-order valence-electron chi connectivity index (χ0n) is 13.2. The third kappa shape index (κ3) is 3.11. The summed E-state index contributed by atoms with van der Waals surface area (Å²) in [5.74, 6) is 1.59. The Balaban J connectivity index is 1.98. The van der Waals surface area contributed by atoms with Gasteiger partial charge in [-0.3, -0.25) is 4.98 Å². The second kappa shape index (κ2) is 6.57. The molecule has 0 amide bonds. The van der Waals surface area contributed by atoms with E-state index in [0.29, 0.717) is 6.04 Å². The molecule has 1 heterocycles. The van der Waals surface area contributed by atoms with Crippen LogP contribution >= 0.6 is 0 Å². The molecule has 0 radical (unpaired) electrons. The lowest BCUT2D eigenvalue weighted by Crippen LogP contribution is -2.31. The lowest BCUT2D eigenvalue weighted by atomic mass is 9.76. The van der Waals surface area contributed by atoms with Crippen molar-refractivity contribution in [1.82, 2.24) is 10.3 Å². The zero-order valence-corrected chi connectivity index (χ0v) is 13.2. The Hall–Kier alpha value is -1.41. The van der Waals surface area contributed by atoms with Crippen LogP contribution in [0.25, 0.3) is 10.9 Å². The first kappa shape index (κ1) is 14.5. The summed E-state index contributed by atoms with van der Waals surface area (Å²) >= 11 is 0. The van der Waals surface area contributed by atoms with Gasteiger partial charge in [0.15, 0.2) is 0 Å². The minimum absolute atomic E-state index is 0.441. The smallest absolute Gasteiger partial charge is 0.0749 e. The number of pyridine rings is 1. The van der Waals surface area contributed by atoms with Crippen molar-refractivity contribution in [2.75, 3.05) is 6.54 Å². The lowest BCUT2D eigenvalue weighted by Gasteiger charge is -2.34. The summed E-state index contributed by atoms with van der Waals surface area (Å²) in [5, 5.41) is 4.99. The molecule has 21 heavy (non-hydrogen) atoms.